The Bertz CT molecular complexity index is 1050. The van der Waals surface area contributed by atoms with Gasteiger partial charge in [0.15, 0.2) is 0 Å². The number of nitrogens with one attached hydrogen (secondary N) is 1. The smallest absolute Gasteiger partial charge is 0.324 e. The van der Waals surface area contributed by atoms with E-state index >= 15 is 0 Å². The third kappa shape index (κ3) is 4.32. The Morgan fingerprint density at radius 1 is 1.19 bits per heavy atom. The number of amides is 1. The summed E-state index contributed by atoms with van der Waals surface area (Å²) in [6.45, 7) is 1.50. The lowest BCUT2D eigenvalue weighted by Crippen LogP contribution is -2.34. The number of nitrogens with zero attached hydrogens (tertiary/aromatic N) is 3. The zero-order chi connectivity index (χ0) is 19.6. The maximum absolute atomic E-state index is 13.2. The van der Waals surface area contributed by atoms with Crippen LogP contribution in [0.25, 0.3) is 11.3 Å². The fraction of sp³-hybridized carbons (Fsp3) is 0.111. The van der Waals surface area contributed by atoms with Crippen LogP contribution in [0, 0.1) is 5.82 Å². The van der Waals surface area contributed by atoms with Gasteiger partial charge in [-0.15, -0.1) is 0 Å². The monoisotopic (exact) mass is 406 g/mol. The first-order valence-electron chi connectivity index (χ1n) is 7.83. The van der Waals surface area contributed by atoms with E-state index in [2.05, 4.69) is 15.4 Å². The summed E-state index contributed by atoms with van der Waals surface area (Å²) < 4.78 is 14.2. The number of aromatic nitrogens is 3. The molecule has 1 aromatic heterocycles. The number of anilines is 1. The van der Waals surface area contributed by atoms with Crippen molar-refractivity contribution in [3.63, 3.8) is 0 Å². The second kappa shape index (κ2) is 7.85. The van der Waals surface area contributed by atoms with E-state index in [1.807, 2.05) is 0 Å². The molecule has 0 saturated carbocycles. The zero-order valence-electron chi connectivity index (χ0n) is 14.0. The SMILES string of the molecule is C[C@@H](C(=O)Nc1ccc(F)c(Cl)c1)n1ncc(-c2ccc(Cl)cc2)nc1=O. The van der Waals surface area contributed by atoms with Gasteiger partial charge in [-0.1, -0.05) is 35.3 Å². The first-order valence-corrected chi connectivity index (χ1v) is 8.58. The summed E-state index contributed by atoms with van der Waals surface area (Å²) in [5, 5.41) is 7.03. The minimum absolute atomic E-state index is 0.121. The molecule has 3 rings (SSSR count). The van der Waals surface area contributed by atoms with Gasteiger partial charge in [-0.2, -0.15) is 10.1 Å². The summed E-state index contributed by atoms with van der Waals surface area (Å²) in [6.07, 6.45) is 1.39. The van der Waals surface area contributed by atoms with Crippen LogP contribution in [0.5, 0.6) is 0 Å². The van der Waals surface area contributed by atoms with E-state index in [1.54, 1.807) is 24.3 Å². The van der Waals surface area contributed by atoms with Crippen LogP contribution >= 0.6 is 23.2 Å². The molecule has 0 aliphatic rings. The van der Waals surface area contributed by atoms with Crippen molar-refractivity contribution < 1.29 is 9.18 Å². The standard InChI is InChI=1S/C18H13Cl2FN4O2/c1-10(17(26)23-13-6-7-15(21)14(20)8-13)25-18(27)24-16(9-22-25)11-2-4-12(19)5-3-11/h2-10H,1H3,(H,23,26)/t10-/m0/s1. The zero-order valence-corrected chi connectivity index (χ0v) is 15.5. The molecule has 138 valence electrons. The maximum atomic E-state index is 13.2. The predicted octanol–water partition coefficient (Wildman–Crippen LogP) is 3.95. The van der Waals surface area contributed by atoms with Crippen LogP contribution in [0.4, 0.5) is 10.1 Å². The minimum Gasteiger partial charge on any atom is -0.324 e. The van der Waals surface area contributed by atoms with Crippen molar-refractivity contribution in [3.05, 3.63) is 75.0 Å². The predicted molar refractivity (Wildman–Crippen MR) is 101 cm³/mol. The number of benzene rings is 2. The van der Waals surface area contributed by atoms with Crippen molar-refractivity contribution in [2.24, 2.45) is 0 Å². The molecule has 1 amide bonds. The molecule has 0 spiro atoms. The highest BCUT2D eigenvalue weighted by molar-refractivity contribution is 6.31. The summed E-state index contributed by atoms with van der Waals surface area (Å²) in [6, 6.07) is 9.61. The molecular formula is C18H13Cl2FN4O2. The Morgan fingerprint density at radius 2 is 1.89 bits per heavy atom. The molecule has 3 aromatic rings. The van der Waals surface area contributed by atoms with Gasteiger partial charge in [-0.3, -0.25) is 4.79 Å². The van der Waals surface area contributed by atoms with Crippen LogP contribution < -0.4 is 11.0 Å². The second-order valence-electron chi connectivity index (χ2n) is 5.67. The van der Waals surface area contributed by atoms with Crippen molar-refractivity contribution in [1.82, 2.24) is 14.8 Å². The largest absolute Gasteiger partial charge is 0.365 e. The normalized spacial score (nSPS) is 11.9. The Kier molecular flexibility index (Phi) is 5.53. The topological polar surface area (TPSA) is 76.9 Å². The van der Waals surface area contributed by atoms with Crippen molar-refractivity contribution in [1.29, 1.82) is 0 Å². The summed E-state index contributed by atoms with van der Waals surface area (Å²) in [7, 11) is 0. The van der Waals surface area contributed by atoms with Crippen LogP contribution in [0.1, 0.15) is 13.0 Å². The fourth-order valence-electron chi connectivity index (χ4n) is 2.31. The third-order valence-corrected chi connectivity index (χ3v) is 4.33. The van der Waals surface area contributed by atoms with Gasteiger partial charge in [0.05, 0.1) is 16.9 Å². The summed E-state index contributed by atoms with van der Waals surface area (Å²) >= 11 is 11.5. The van der Waals surface area contributed by atoms with Gasteiger partial charge < -0.3 is 5.32 Å². The van der Waals surface area contributed by atoms with E-state index in [-0.39, 0.29) is 5.02 Å². The van der Waals surface area contributed by atoms with Gasteiger partial charge in [0, 0.05) is 16.3 Å². The van der Waals surface area contributed by atoms with E-state index in [9.17, 15) is 14.0 Å². The van der Waals surface area contributed by atoms with Gasteiger partial charge in [-0.05, 0) is 37.3 Å². The average Bonchev–Trinajstić information content (AvgIpc) is 2.64. The fourth-order valence-corrected chi connectivity index (χ4v) is 2.61. The van der Waals surface area contributed by atoms with Crippen molar-refractivity contribution >= 4 is 34.8 Å². The highest BCUT2D eigenvalue weighted by Crippen LogP contribution is 2.21. The molecule has 1 heterocycles. The molecule has 0 bridgehead atoms. The molecule has 0 unspecified atom stereocenters. The molecule has 9 heteroatoms. The highest BCUT2D eigenvalue weighted by Gasteiger charge is 2.19. The van der Waals surface area contributed by atoms with Crippen LogP contribution in [0.15, 0.2) is 53.5 Å². The number of carbonyl (C=O) groups is 1. The lowest BCUT2D eigenvalue weighted by atomic mass is 10.2. The molecule has 0 saturated heterocycles. The van der Waals surface area contributed by atoms with Gasteiger partial charge in [0.1, 0.15) is 11.9 Å². The molecule has 0 aliphatic heterocycles. The Morgan fingerprint density at radius 3 is 2.52 bits per heavy atom. The Labute approximate surface area is 163 Å². The van der Waals surface area contributed by atoms with Crippen LogP contribution in [0.2, 0.25) is 10.0 Å². The number of carbonyl (C=O) groups excluding carboxylic acids is 1. The van der Waals surface area contributed by atoms with Gasteiger partial charge in [-0.25, -0.2) is 13.9 Å². The van der Waals surface area contributed by atoms with Crippen molar-refractivity contribution in [2.45, 2.75) is 13.0 Å². The van der Waals surface area contributed by atoms with E-state index in [4.69, 9.17) is 23.2 Å². The lowest BCUT2D eigenvalue weighted by Gasteiger charge is -2.14. The molecule has 1 atom stereocenters. The molecular weight excluding hydrogens is 394 g/mol. The van der Waals surface area contributed by atoms with E-state index in [1.165, 1.54) is 25.3 Å². The molecule has 0 fully saturated rings. The van der Waals surface area contributed by atoms with Gasteiger partial charge in [0.2, 0.25) is 5.91 Å². The summed E-state index contributed by atoms with van der Waals surface area (Å²) in [5.41, 5.74) is 0.666. The van der Waals surface area contributed by atoms with E-state index in [0.29, 0.717) is 22.0 Å². The number of rotatable bonds is 4. The molecule has 2 aromatic carbocycles. The highest BCUT2D eigenvalue weighted by atomic mass is 35.5. The second-order valence-corrected chi connectivity index (χ2v) is 6.51. The average molecular weight is 407 g/mol. The number of hydrogen-bond acceptors (Lipinski definition) is 4. The van der Waals surface area contributed by atoms with E-state index in [0.717, 1.165) is 10.7 Å². The Hall–Kier alpha value is -2.77. The van der Waals surface area contributed by atoms with Crippen LogP contribution in [0.3, 0.4) is 0 Å². The lowest BCUT2D eigenvalue weighted by molar-refractivity contribution is -0.119. The van der Waals surface area contributed by atoms with Crippen molar-refractivity contribution in [2.75, 3.05) is 5.32 Å². The first-order chi connectivity index (χ1) is 12.8. The van der Waals surface area contributed by atoms with Crippen molar-refractivity contribution in [3.8, 4) is 11.3 Å². The van der Waals surface area contributed by atoms with Crippen LogP contribution in [-0.2, 0) is 4.79 Å². The molecule has 0 radical (unpaired) electrons. The van der Waals surface area contributed by atoms with Gasteiger partial charge in [0.25, 0.3) is 0 Å². The third-order valence-electron chi connectivity index (χ3n) is 3.79. The minimum atomic E-state index is -0.937. The Balaban J connectivity index is 1.80. The van der Waals surface area contributed by atoms with Gasteiger partial charge >= 0.3 is 5.69 Å². The summed E-state index contributed by atoms with van der Waals surface area (Å²) in [4.78, 5) is 28.6. The summed E-state index contributed by atoms with van der Waals surface area (Å²) in [5.74, 6) is -1.11. The first kappa shape index (κ1) is 19.0. The molecule has 6 nitrogen and oxygen atoms in total. The maximum Gasteiger partial charge on any atom is 0.365 e. The molecule has 1 N–H and O–H groups in total. The molecule has 27 heavy (non-hydrogen) atoms. The van der Waals surface area contributed by atoms with Crippen LogP contribution in [-0.4, -0.2) is 20.7 Å². The quantitative estimate of drug-likeness (QED) is 0.711. The number of hydrogen-bond donors (Lipinski definition) is 1. The number of halogens is 3. The molecule has 0 aliphatic carbocycles. The van der Waals surface area contributed by atoms with E-state index < -0.39 is 23.5 Å².